The number of fused-ring (bicyclic) bond motifs is 1. The second-order valence-corrected chi connectivity index (χ2v) is 11.3. The van der Waals surface area contributed by atoms with Crippen LogP contribution in [0.3, 0.4) is 0 Å². The molecule has 0 bridgehead atoms. The van der Waals surface area contributed by atoms with Crippen molar-refractivity contribution in [2.75, 3.05) is 39.1 Å². The molecule has 1 fully saturated rings. The molecule has 0 aliphatic carbocycles. The maximum Gasteiger partial charge on any atom is 0.126 e. The number of halogens is 2. The Labute approximate surface area is 208 Å². The van der Waals surface area contributed by atoms with Crippen LogP contribution >= 0.6 is 23.1 Å². The molecular weight excluding hydrogens is 474 g/mol. The van der Waals surface area contributed by atoms with Gasteiger partial charge in [-0.2, -0.15) is 0 Å². The fourth-order valence-corrected chi connectivity index (χ4v) is 6.64. The second-order valence-electron chi connectivity index (χ2n) is 9.00. The predicted octanol–water partition coefficient (Wildman–Crippen LogP) is 6.43. The number of aliphatic hydroxyl groups is 1. The van der Waals surface area contributed by atoms with E-state index in [-0.39, 0.29) is 24.0 Å². The summed E-state index contributed by atoms with van der Waals surface area (Å²) in [7, 11) is 1.55. The van der Waals surface area contributed by atoms with Gasteiger partial charge in [-0.15, -0.1) is 23.1 Å². The molecule has 0 spiro atoms. The molecule has 0 saturated carbocycles. The highest BCUT2D eigenvalue weighted by molar-refractivity contribution is 8.01. The van der Waals surface area contributed by atoms with Gasteiger partial charge in [0.1, 0.15) is 18.6 Å². The Balaban J connectivity index is 1.38. The summed E-state index contributed by atoms with van der Waals surface area (Å²) in [5.41, 5.74) is 0.992. The van der Waals surface area contributed by atoms with Gasteiger partial charge in [-0.25, -0.2) is 8.78 Å². The van der Waals surface area contributed by atoms with Crippen LogP contribution in [0, 0.1) is 5.41 Å². The number of alkyl halides is 2. The third kappa shape index (κ3) is 5.90. The van der Waals surface area contributed by atoms with Crippen LogP contribution in [0.2, 0.25) is 0 Å². The molecule has 3 aromatic rings. The fourth-order valence-electron chi connectivity index (χ4n) is 4.77. The van der Waals surface area contributed by atoms with Crippen LogP contribution in [0.1, 0.15) is 43.0 Å². The van der Waals surface area contributed by atoms with Crippen LogP contribution in [-0.4, -0.2) is 54.1 Å². The molecule has 34 heavy (non-hydrogen) atoms. The number of piperidine rings is 1. The van der Waals surface area contributed by atoms with Gasteiger partial charge in [0, 0.05) is 41.6 Å². The summed E-state index contributed by atoms with van der Waals surface area (Å²) in [5.74, 6) is 1.64. The lowest BCUT2D eigenvalue weighted by Gasteiger charge is -2.41. The lowest BCUT2D eigenvalue weighted by Crippen LogP contribution is -2.42. The third-order valence-electron chi connectivity index (χ3n) is 6.98. The van der Waals surface area contributed by atoms with E-state index in [1.165, 1.54) is 10.4 Å². The number of nitrogens with zero attached hydrogens (tertiary/aromatic N) is 2. The average molecular weight is 507 g/mol. The number of rotatable bonds is 11. The zero-order valence-electron chi connectivity index (χ0n) is 19.5. The van der Waals surface area contributed by atoms with E-state index in [1.54, 1.807) is 36.6 Å². The van der Waals surface area contributed by atoms with Crippen LogP contribution in [0.5, 0.6) is 5.75 Å². The smallest absolute Gasteiger partial charge is 0.126 e. The van der Waals surface area contributed by atoms with E-state index in [0.29, 0.717) is 28.6 Å². The molecule has 184 valence electrons. The summed E-state index contributed by atoms with van der Waals surface area (Å²) in [5, 5.41) is 12.9. The first-order valence-corrected chi connectivity index (χ1v) is 13.6. The molecule has 4 nitrogen and oxygen atoms in total. The van der Waals surface area contributed by atoms with Crippen LogP contribution in [0.25, 0.3) is 10.9 Å². The summed E-state index contributed by atoms with van der Waals surface area (Å²) in [6, 6.07) is 9.50. The number of ether oxygens (including phenoxy) is 1. The van der Waals surface area contributed by atoms with E-state index in [2.05, 4.69) is 27.4 Å². The Kier molecular flexibility index (Phi) is 8.80. The van der Waals surface area contributed by atoms with Gasteiger partial charge >= 0.3 is 0 Å². The number of benzene rings is 1. The quantitative estimate of drug-likeness (QED) is 0.304. The molecular formula is C26H32F2N2O2S2. The number of pyridine rings is 1. The molecule has 1 saturated heterocycles. The van der Waals surface area contributed by atoms with Gasteiger partial charge in [0.05, 0.1) is 16.8 Å². The molecule has 0 radical (unpaired) electrons. The number of likely N-dealkylation sites (tertiary alicyclic amines) is 1. The summed E-state index contributed by atoms with van der Waals surface area (Å²) >= 11 is 3.65. The Morgan fingerprint density at radius 3 is 2.79 bits per heavy atom. The van der Waals surface area contributed by atoms with Crippen molar-refractivity contribution in [1.82, 2.24) is 9.88 Å². The minimum Gasteiger partial charge on any atom is -0.497 e. The Hall–Kier alpha value is -1.74. The second kappa shape index (κ2) is 11.8. The van der Waals surface area contributed by atoms with E-state index >= 15 is 4.39 Å². The monoisotopic (exact) mass is 506 g/mol. The van der Waals surface area contributed by atoms with E-state index in [9.17, 15) is 9.50 Å². The van der Waals surface area contributed by atoms with Gasteiger partial charge in [-0.05, 0) is 73.8 Å². The zero-order chi connectivity index (χ0) is 24.0. The number of hydrogen-bond donors (Lipinski definition) is 1. The lowest BCUT2D eigenvalue weighted by atomic mass is 9.74. The van der Waals surface area contributed by atoms with E-state index in [1.807, 2.05) is 11.8 Å². The van der Waals surface area contributed by atoms with Gasteiger partial charge in [0.25, 0.3) is 0 Å². The molecule has 2 aromatic heterocycles. The highest BCUT2D eigenvalue weighted by atomic mass is 32.2. The Morgan fingerprint density at radius 1 is 1.29 bits per heavy atom. The molecule has 1 aliphatic rings. The Bertz CT molecular complexity index is 1050. The maximum absolute atomic E-state index is 15.7. The SMILES string of the molecule is COc1ccc2ncc(CF)c([C@@H](F)CCC3(CO)CCN(CCSc4cccs4)CC3)c2c1. The minimum atomic E-state index is -1.33. The highest BCUT2D eigenvalue weighted by Gasteiger charge is 2.35. The topological polar surface area (TPSA) is 45.6 Å². The van der Waals surface area contributed by atoms with E-state index < -0.39 is 12.8 Å². The number of hydrogen-bond acceptors (Lipinski definition) is 6. The number of methoxy groups -OCH3 is 1. The van der Waals surface area contributed by atoms with Gasteiger partial charge < -0.3 is 14.7 Å². The van der Waals surface area contributed by atoms with Crippen LogP contribution in [0.15, 0.2) is 46.1 Å². The first kappa shape index (κ1) is 25.4. The standard InChI is InChI=1S/C26H32F2N2O2S2/c1-32-20-4-5-23-21(15-20)25(19(16-27)17-29-23)22(28)6-7-26(18-31)8-10-30(11-9-26)12-14-34-24-3-2-13-33-24/h2-5,13,15,17,22,31H,6-12,14,16,18H2,1H3/t22-/m0/s1. The molecule has 1 atom stereocenters. The number of thioether (sulfide) groups is 1. The lowest BCUT2D eigenvalue weighted by molar-refractivity contribution is 0.0322. The predicted molar refractivity (Wildman–Crippen MR) is 136 cm³/mol. The summed E-state index contributed by atoms with van der Waals surface area (Å²) < 4.78 is 36.0. The van der Waals surface area contributed by atoms with Crippen molar-refractivity contribution < 1.29 is 18.6 Å². The van der Waals surface area contributed by atoms with Gasteiger partial charge in [-0.1, -0.05) is 6.07 Å². The average Bonchev–Trinajstić information content (AvgIpc) is 3.40. The van der Waals surface area contributed by atoms with Crippen molar-refractivity contribution in [3.8, 4) is 5.75 Å². The van der Waals surface area contributed by atoms with Crippen molar-refractivity contribution in [2.45, 2.75) is 42.7 Å². The fraction of sp³-hybridized carbons (Fsp3) is 0.500. The first-order chi connectivity index (χ1) is 16.6. The number of aliphatic hydroxyl groups excluding tert-OH is 1. The summed E-state index contributed by atoms with van der Waals surface area (Å²) in [6.07, 6.45) is 2.62. The first-order valence-electron chi connectivity index (χ1n) is 11.7. The third-order valence-corrected chi connectivity index (χ3v) is 9.09. The Morgan fingerprint density at radius 2 is 2.12 bits per heavy atom. The maximum atomic E-state index is 15.7. The van der Waals surface area contributed by atoms with Crippen LogP contribution in [-0.2, 0) is 6.67 Å². The van der Waals surface area contributed by atoms with Crippen molar-refractivity contribution in [1.29, 1.82) is 0 Å². The minimum absolute atomic E-state index is 0.0540. The van der Waals surface area contributed by atoms with Crippen molar-refractivity contribution >= 4 is 34.0 Å². The van der Waals surface area contributed by atoms with Gasteiger partial charge in [0.2, 0.25) is 0 Å². The number of aromatic nitrogens is 1. The molecule has 1 N–H and O–H groups in total. The summed E-state index contributed by atoms with van der Waals surface area (Å²) in [4.78, 5) is 6.73. The van der Waals surface area contributed by atoms with Crippen LogP contribution in [0.4, 0.5) is 8.78 Å². The van der Waals surface area contributed by atoms with Gasteiger partial charge in [0.15, 0.2) is 0 Å². The molecule has 1 aliphatic heterocycles. The van der Waals surface area contributed by atoms with Crippen molar-refractivity contribution in [2.24, 2.45) is 5.41 Å². The largest absolute Gasteiger partial charge is 0.497 e. The van der Waals surface area contributed by atoms with Crippen molar-refractivity contribution in [3.63, 3.8) is 0 Å². The summed E-state index contributed by atoms with van der Waals surface area (Å²) in [6.45, 7) is 2.12. The van der Waals surface area contributed by atoms with E-state index in [4.69, 9.17) is 4.74 Å². The number of thiophene rings is 1. The zero-order valence-corrected chi connectivity index (χ0v) is 21.1. The van der Waals surface area contributed by atoms with E-state index in [0.717, 1.165) is 38.2 Å². The highest BCUT2D eigenvalue weighted by Crippen LogP contribution is 2.41. The normalized spacial score (nSPS) is 17.2. The molecule has 3 heterocycles. The van der Waals surface area contributed by atoms with Crippen molar-refractivity contribution in [3.05, 3.63) is 53.0 Å². The molecule has 0 unspecified atom stereocenters. The molecule has 8 heteroatoms. The molecule has 1 aromatic carbocycles. The molecule has 4 rings (SSSR count). The molecule has 0 amide bonds. The van der Waals surface area contributed by atoms with Gasteiger partial charge in [-0.3, -0.25) is 4.98 Å². The van der Waals surface area contributed by atoms with Crippen LogP contribution < -0.4 is 4.74 Å².